The maximum absolute atomic E-state index is 15.0. The van der Waals surface area contributed by atoms with Crippen LogP contribution in [0, 0.1) is 18.7 Å². The van der Waals surface area contributed by atoms with Crippen LogP contribution in [-0.2, 0) is 13.1 Å². The molecule has 2 aromatic carbocycles. The minimum absolute atomic E-state index is 0.00351. The minimum atomic E-state index is -0.421. The molecule has 0 bridgehead atoms. The Kier molecular flexibility index (Phi) is 6.80. The number of carbonyl (C=O) groups is 1. The van der Waals surface area contributed by atoms with E-state index in [1.807, 2.05) is 29.0 Å². The van der Waals surface area contributed by atoms with Crippen molar-refractivity contribution in [2.45, 2.75) is 57.8 Å². The molecule has 2 aliphatic carbocycles. The normalized spacial score (nSPS) is 20.1. The van der Waals surface area contributed by atoms with E-state index < -0.39 is 5.82 Å². The Labute approximate surface area is 221 Å². The molecule has 1 saturated heterocycles. The zero-order valence-electron chi connectivity index (χ0n) is 21.8. The van der Waals surface area contributed by atoms with Crippen LogP contribution in [0.1, 0.15) is 47.2 Å². The van der Waals surface area contributed by atoms with E-state index in [9.17, 15) is 19.1 Å². The van der Waals surface area contributed by atoms with Crippen molar-refractivity contribution in [2.24, 2.45) is 5.92 Å². The largest absolute Gasteiger partial charge is 0.395 e. The van der Waals surface area contributed by atoms with Gasteiger partial charge in [0.25, 0.3) is 11.5 Å². The fraction of sp³-hybridized carbons (Fsp3) is 0.467. The van der Waals surface area contributed by atoms with Gasteiger partial charge in [-0.3, -0.25) is 14.5 Å². The van der Waals surface area contributed by atoms with E-state index in [4.69, 9.17) is 0 Å². The number of rotatable bonds is 8. The zero-order valence-corrected chi connectivity index (χ0v) is 21.8. The van der Waals surface area contributed by atoms with Crippen molar-refractivity contribution in [1.82, 2.24) is 20.1 Å². The van der Waals surface area contributed by atoms with Crippen molar-refractivity contribution in [2.75, 3.05) is 26.2 Å². The number of amides is 1. The van der Waals surface area contributed by atoms with Gasteiger partial charge in [-0.1, -0.05) is 6.07 Å². The number of nitrogens with one attached hydrogen (secondary N) is 2. The molecule has 6 rings (SSSR count). The topological polar surface area (TPSA) is 86.6 Å². The van der Waals surface area contributed by atoms with Gasteiger partial charge >= 0.3 is 0 Å². The van der Waals surface area contributed by atoms with Crippen LogP contribution >= 0.6 is 0 Å². The number of aliphatic hydroxyl groups excluding tert-OH is 1. The van der Waals surface area contributed by atoms with Crippen LogP contribution in [-0.4, -0.2) is 58.8 Å². The van der Waals surface area contributed by atoms with Gasteiger partial charge in [-0.25, -0.2) is 4.39 Å². The van der Waals surface area contributed by atoms with Gasteiger partial charge in [0, 0.05) is 62.0 Å². The number of piperazine rings is 1. The molecule has 0 radical (unpaired) electrons. The Balaban J connectivity index is 1.44. The summed E-state index contributed by atoms with van der Waals surface area (Å²) in [7, 11) is 0. The molecule has 1 amide bonds. The summed E-state index contributed by atoms with van der Waals surface area (Å²) in [6.07, 6.45) is 6.21. The third kappa shape index (κ3) is 5.13. The molecule has 2 saturated carbocycles. The Morgan fingerprint density at radius 2 is 1.97 bits per heavy atom. The van der Waals surface area contributed by atoms with Crippen LogP contribution in [0.5, 0.6) is 0 Å². The smallest absolute Gasteiger partial charge is 0.258 e. The molecule has 3 aromatic rings. The number of pyridine rings is 1. The molecule has 1 aliphatic heterocycles. The van der Waals surface area contributed by atoms with Crippen LogP contribution < -0.4 is 16.2 Å². The molecule has 3 aliphatic rings. The van der Waals surface area contributed by atoms with Crippen molar-refractivity contribution in [3.63, 3.8) is 0 Å². The van der Waals surface area contributed by atoms with E-state index in [2.05, 4.69) is 15.5 Å². The molecule has 2 heterocycles. The first-order valence-electron chi connectivity index (χ1n) is 13.7. The van der Waals surface area contributed by atoms with Crippen LogP contribution in [0.3, 0.4) is 0 Å². The second-order valence-corrected chi connectivity index (χ2v) is 11.2. The van der Waals surface area contributed by atoms with Crippen molar-refractivity contribution < 1.29 is 14.3 Å². The number of nitrogens with zero attached hydrogens (tertiary/aromatic N) is 2. The molecule has 8 heteroatoms. The molecule has 38 heavy (non-hydrogen) atoms. The summed E-state index contributed by atoms with van der Waals surface area (Å²) >= 11 is 0. The van der Waals surface area contributed by atoms with Gasteiger partial charge in [-0.05, 0) is 90.4 Å². The van der Waals surface area contributed by atoms with E-state index in [1.165, 1.54) is 6.07 Å². The lowest BCUT2D eigenvalue weighted by atomic mass is 9.94. The maximum Gasteiger partial charge on any atom is 0.258 e. The van der Waals surface area contributed by atoms with E-state index in [0.717, 1.165) is 68.4 Å². The van der Waals surface area contributed by atoms with Crippen molar-refractivity contribution in [3.05, 3.63) is 69.4 Å². The first kappa shape index (κ1) is 25.2. The molecule has 1 atom stereocenters. The fourth-order valence-corrected chi connectivity index (χ4v) is 5.49. The highest BCUT2D eigenvalue weighted by atomic mass is 19.1. The number of aliphatic hydroxyl groups is 1. The van der Waals surface area contributed by atoms with E-state index in [0.29, 0.717) is 34.5 Å². The first-order valence-corrected chi connectivity index (χ1v) is 13.7. The summed E-state index contributed by atoms with van der Waals surface area (Å²) in [4.78, 5) is 28.4. The lowest BCUT2D eigenvalue weighted by molar-refractivity contribution is 0.0946. The Bertz CT molecular complexity index is 1440. The third-order valence-corrected chi connectivity index (χ3v) is 8.21. The Morgan fingerprint density at radius 3 is 2.71 bits per heavy atom. The molecular weight excluding hydrogens is 483 g/mol. The van der Waals surface area contributed by atoms with Gasteiger partial charge in [-0.15, -0.1) is 0 Å². The lowest BCUT2D eigenvalue weighted by Gasteiger charge is -2.35. The van der Waals surface area contributed by atoms with Gasteiger partial charge in [0.2, 0.25) is 0 Å². The second kappa shape index (κ2) is 10.2. The van der Waals surface area contributed by atoms with E-state index >= 15 is 0 Å². The molecule has 200 valence electrons. The van der Waals surface area contributed by atoms with E-state index in [-0.39, 0.29) is 30.2 Å². The average molecular weight is 519 g/mol. The fourth-order valence-electron chi connectivity index (χ4n) is 5.49. The average Bonchev–Trinajstić information content (AvgIpc) is 3.86. The summed E-state index contributed by atoms with van der Waals surface area (Å²) in [6.45, 7) is 5.47. The first-order chi connectivity index (χ1) is 18.4. The third-order valence-electron chi connectivity index (χ3n) is 8.21. The summed E-state index contributed by atoms with van der Waals surface area (Å²) < 4.78 is 16.8. The quantitative estimate of drug-likeness (QED) is 0.427. The summed E-state index contributed by atoms with van der Waals surface area (Å²) in [5.41, 5.74) is 3.20. The molecule has 7 nitrogen and oxygen atoms in total. The van der Waals surface area contributed by atoms with Crippen LogP contribution in [0.4, 0.5) is 4.39 Å². The predicted octanol–water partition coefficient (Wildman–Crippen LogP) is 3.18. The van der Waals surface area contributed by atoms with Gasteiger partial charge in [0.15, 0.2) is 0 Å². The number of carbonyl (C=O) groups excluding carboxylic acids is 1. The highest BCUT2D eigenvalue weighted by Gasteiger charge is 2.27. The van der Waals surface area contributed by atoms with Crippen LogP contribution in [0.15, 0.2) is 41.3 Å². The summed E-state index contributed by atoms with van der Waals surface area (Å²) in [5.74, 6) is -0.127. The van der Waals surface area contributed by atoms with Crippen molar-refractivity contribution in [1.29, 1.82) is 0 Å². The SMILES string of the molecule is Cc1c(F)cc(C(=O)NC2CC2)cc1-c1ccc2c(=O)n(CC3CC3)cc(CN3CCNCC3CO)c2c1. The summed E-state index contributed by atoms with van der Waals surface area (Å²) in [5, 5.41) is 17.7. The number of hydrogen-bond acceptors (Lipinski definition) is 5. The highest BCUT2D eigenvalue weighted by molar-refractivity contribution is 5.97. The molecule has 1 aromatic heterocycles. The van der Waals surface area contributed by atoms with Gasteiger partial charge in [0.1, 0.15) is 5.82 Å². The number of aromatic nitrogens is 1. The highest BCUT2D eigenvalue weighted by Crippen LogP contribution is 2.33. The molecule has 1 unspecified atom stereocenters. The number of hydrogen-bond donors (Lipinski definition) is 3. The Morgan fingerprint density at radius 1 is 1.16 bits per heavy atom. The van der Waals surface area contributed by atoms with E-state index in [1.54, 1.807) is 13.0 Å². The maximum atomic E-state index is 15.0. The minimum Gasteiger partial charge on any atom is -0.395 e. The monoisotopic (exact) mass is 518 g/mol. The van der Waals surface area contributed by atoms with Crippen LogP contribution in [0.2, 0.25) is 0 Å². The standard InChI is InChI=1S/C30H35FN4O3/c1-18-26(11-21(12-28(18)31)29(37)33-23-5-6-23)20-4-7-25-27(10-20)22(15-34-9-8-32-13-24(34)17-36)16-35(30(25)38)14-19-2-3-19/h4,7,10-12,16,19,23-24,32,36H,2-3,5-6,8-9,13-15,17H2,1H3,(H,33,37). The molecule has 3 fully saturated rings. The lowest BCUT2D eigenvalue weighted by Crippen LogP contribution is -2.52. The number of fused-ring (bicyclic) bond motifs is 1. The number of halogens is 1. The predicted molar refractivity (Wildman–Crippen MR) is 146 cm³/mol. The van der Waals surface area contributed by atoms with Crippen molar-refractivity contribution >= 4 is 16.7 Å². The second-order valence-electron chi connectivity index (χ2n) is 11.2. The van der Waals surface area contributed by atoms with Gasteiger partial charge in [0.05, 0.1) is 6.61 Å². The van der Waals surface area contributed by atoms with Crippen molar-refractivity contribution in [3.8, 4) is 11.1 Å². The molecule has 0 spiro atoms. The molecule has 3 N–H and O–H groups in total. The number of benzene rings is 2. The van der Waals surface area contributed by atoms with Crippen LogP contribution in [0.25, 0.3) is 21.9 Å². The van der Waals surface area contributed by atoms with Gasteiger partial charge < -0.3 is 20.3 Å². The Hall–Kier alpha value is -3.07. The molecular formula is C30H35FN4O3. The van der Waals surface area contributed by atoms with Gasteiger partial charge in [-0.2, -0.15) is 0 Å². The summed E-state index contributed by atoms with van der Waals surface area (Å²) in [6, 6.07) is 8.92. The zero-order chi connectivity index (χ0) is 26.4.